The number of ether oxygens (including phenoxy) is 1. The fraction of sp³-hybridized carbons (Fsp3) is 0.0435. The first-order chi connectivity index (χ1) is 15.9. The number of methoxy groups -OCH3 is 1. The van der Waals surface area contributed by atoms with Crippen LogP contribution in [0.15, 0.2) is 88.2 Å². The molecule has 9 nitrogen and oxygen atoms in total. The van der Waals surface area contributed by atoms with E-state index in [0.717, 1.165) is 5.39 Å². The van der Waals surface area contributed by atoms with Crippen molar-refractivity contribution in [1.29, 1.82) is 0 Å². The van der Waals surface area contributed by atoms with E-state index in [-0.39, 0.29) is 16.2 Å². The van der Waals surface area contributed by atoms with Crippen molar-refractivity contribution in [3.63, 3.8) is 0 Å². The van der Waals surface area contributed by atoms with E-state index in [0.29, 0.717) is 17.0 Å². The molecule has 3 N–H and O–H groups in total. The number of benzene rings is 3. The van der Waals surface area contributed by atoms with E-state index in [1.807, 2.05) is 6.07 Å². The lowest BCUT2D eigenvalue weighted by Gasteiger charge is -2.10. The second-order valence-electron chi connectivity index (χ2n) is 6.92. The van der Waals surface area contributed by atoms with Crippen LogP contribution in [0.4, 0.5) is 5.69 Å². The molecule has 1 heterocycles. The van der Waals surface area contributed by atoms with Crippen LogP contribution in [0.2, 0.25) is 0 Å². The third-order valence-corrected chi connectivity index (χ3v) is 6.07. The van der Waals surface area contributed by atoms with Crippen molar-refractivity contribution in [1.82, 2.24) is 10.9 Å². The quantitative estimate of drug-likeness (QED) is 0.375. The monoisotopic (exact) mass is 465 g/mol. The summed E-state index contributed by atoms with van der Waals surface area (Å²) in [5.74, 6) is -0.733. The number of para-hydroxylation sites is 1. The normalized spacial score (nSPS) is 11.1. The van der Waals surface area contributed by atoms with Crippen molar-refractivity contribution in [2.75, 3.05) is 11.8 Å². The minimum atomic E-state index is -3.95. The van der Waals surface area contributed by atoms with Gasteiger partial charge in [0.25, 0.3) is 15.9 Å². The van der Waals surface area contributed by atoms with E-state index in [1.165, 1.54) is 31.4 Å². The highest BCUT2D eigenvalue weighted by Gasteiger charge is 2.18. The zero-order valence-electron chi connectivity index (χ0n) is 17.4. The maximum absolute atomic E-state index is 12.7. The fourth-order valence-corrected chi connectivity index (χ4v) is 4.12. The Labute approximate surface area is 189 Å². The van der Waals surface area contributed by atoms with E-state index >= 15 is 0 Å². The largest absolute Gasteiger partial charge is 0.497 e. The molecule has 0 aliphatic carbocycles. The number of rotatable bonds is 6. The molecule has 0 bridgehead atoms. The molecule has 0 spiro atoms. The number of furan rings is 1. The van der Waals surface area contributed by atoms with Crippen LogP contribution in [0.1, 0.15) is 20.9 Å². The number of hydrazine groups is 1. The Balaban J connectivity index is 1.43. The summed E-state index contributed by atoms with van der Waals surface area (Å²) in [5.41, 5.74) is 5.43. The number of hydrogen-bond acceptors (Lipinski definition) is 6. The van der Waals surface area contributed by atoms with Gasteiger partial charge in [-0.15, -0.1) is 0 Å². The summed E-state index contributed by atoms with van der Waals surface area (Å²) in [6.07, 6.45) is 0. The Bertz CT molecular complexity index is 1400. The van der Waals surface area contributed by atoms with E-state index in [1.54, 1.807) is 48.5 Å². The molecule has 10 heteroatoms. The first-order valence-corrected chi connectivity index (χ1v) is 11.2. The number of carbonyl (C=O) groups excluding carboxylic acids is 2. The van der Waals surface area contributed by atoms with E-state index < -0.39 is 21.8 Å². The number of carbonyl (C=O) groups is 2. The predicted molar refractivity (Wildman–Crippen MR) is 121 cm³/mol. The number of nitrogens with one attached hydrogen (secondary N) is 3. The van der Waals surface area contributed by atoms with Gasteiger partial charge >= 0.3 is 5.91 Å². The highest BCUT2D eigenvalue weighted by Crippen LogP contribution is 2.20. The molecule has 1 aromatic heterocycles. The van der Waals surface area contributed by atoms with Crippen LogP contribution in [0, 0.1) is 0 Å². The topological polar surface area (TPSA) is 127 Å². The number of hydrogen-bond donors (Lipinski definition) is 3. The van der Waals surface area contributed by atoms with Crippen LogP contribution in [-0.2, 0) is 10.0 Å². The zero-order chi connectivity index (χ0) is 23.4. The van der Waals surface area contributed by atoms with Crippen LogP contribution in [0.3, 0.4) is 0 Å². The summed E-state index contributed by atoms with van der Waals surface area (Å²) in [5, 5.41) is 0.747. The van der Waals surface area contributed by atoms with Crippen molar-refractivity contribution in [3.05, 3.63) is 90.2 Å². The first-order valence-electron chi connectivity index (χ1n) is 9.72. The molecule has 0 atom stereocenters. The second kappa shape index (κ2) is 9.05. The average molecular weight is 465 g/mol. The number of amides is 2. The first kappa shape index (κ1) is 21.9. The third-order valence-electron chi connectivity index (χ3n) is 4.69. The molecule has 4 rings (SSSR count). The average Bonchev–Trinajstić information content (AvgIpc) is 3.27. The molecular weight excluding hydrogens is 446 g/mol. The van der Waals surface area contributed by atoms with Gasteiger partial charge in [-0.25, -0.2) is 8.42 Å². The van der Waals surface area contributed by atoms with Crippen molar-refractivity contribution >= 4 is 38.5 Å². The highest BCUT2D eigenvalue weighted by molar-refractivity contribution is 7.92. The predicted octanol–water partition coefficient (Wildman–Crippen LogP) is 3.32. The Morgan fingerprint density at radius 1 is 0.848 bits per heavy atom. The van der Waals surface area contributed by atoms with Gasteiger partial charge in [0.15, 0.2) is 5.76 Å². The fourth-order valence-electron chi connectivity index (χ4n) is 3.02. The smallest absolute Gasteiger partial charge is 0.305 e. The van der Waals surface area contributed by atoms with Gasteiger partial charge in [0.05, 0.1) is 12.0 Å². The summed E-state index contributed by atoms with van der Waals surface area (Å²) < 4.78 is 38.4. The molecule has 33 heavy (non-hydrogen) atoms. The standard InChI is InChI=1S/C23H19N3O6S/c1-31-18-11-9-17(10-12-18)26-33(29,30)19-7-4-6-16(13-19)22(27)24-25-23(28)21-14-15-5-2-3-8-20(15)32-21/h2-14,26H,1H3,(H,24,27)(H,25,28). The van der Waals surface area contributed by atoms with Gasteiger partial charge in [-0.05, 0) is 54.6 Å². The second-order valence-corrected chi connectivity index (χ2v) is 8.60. The van der Waals surface area contributed by atoms with Crippen molar-refractivity contribution in [2.24, 2.45) is 0 Å². The summed E-state index contributed by atoms with van der Waals surface area (Å²) in [6.45, 7) is 0. The molecule has 168 valence electrons. The Kier molecular flexibility index (Phi) is 6.01. The molecular formula is C23H19N3O6S. The van der Waals surface area contributed by atoms with Crippen molar-refractivity contribution in [3.8, 4) is 5.75 Å². The van der Waals surface area contributed by atoms with Crippen molar-refractivity contribution in [2.45, 2.75) is 4.90 Å². The summed E-state index contributed by atoms with van der Waals surface area (Å²) in [7, 11) is -2.44. The van der Waals surface area contributed by atoms with Gasteiger partial charge in [0.2, 0.25) is 0 Å². The van der Waals surface area contributed by atoms with Crippen LogP contribution >= 0.6 is 0 Å². The molecule has 0 saturated heterocycles. The highest BCUT2D eigenvalue weighted by atomic mass is 32.2. The van der Waals surface area contributed by atoms with Crippen molar-refractivity contribution < 1.29 is 27.2 Å². The van der Waals surface area contributed by atoms with Crippen LogP contribution in [0.5, 0.6) is 5.75 Å². The summed E-state index contributed by atoms with van der Waals surface area (Å²) in [4.78, 5) is 24.6. The zero-order valence-corrected chi connectivity index (χ0v) is 18.2. The Hall–Kier alpha value is -4.31. The van der Waals surface area contributed by atoms with Crippen LogP contribution in [-0.4, -0.2) is 27.3 Å². The minimum absolute atomic E-state index is 0.0246. The van der Waals surface area contributed by atoms with E-state index in [9.17, 15) is 18.0 Å². The molecule has 0 unspecified atom stereocenters. The van der Waals surface area contributed by atoms with Gasteiger partial charge < -0.3 is 9.15 Å². The van der Waals surface area contributed by atoms with Gasteiger partial charge in [0.1, 0.15) is 11.3 Å². The summed E-state index contributed by atoms with van der Waals surface area (Å²) in [6, 6.07) is 20.4. The van der Waals surface area contributed by atoms with Crippen LogP contribution in [0.25, 0.3) is 11.0 Å². The molecule has 3 aromatic carbocycles. The van der Waals surface area contributed by atoms with Gasteiger partial charge in [-0.1, -0.05) is 24.3 Å². The summed E-state index contributed by atoms with van der Waals surface area (Å²) >= 11 is 0. The molecule has 0 radical (unpaired) electrons. The van der Waals surface area contributed by atoms with Gasteiger partial charge in [0, 0.05) is 16.6 Å². The Morgan fingerprint density at radius 3 is 2.30 bits per heavy atom. The molecule has 0 aliphatic rings. The number of anilines is 1. The third kappa shape index (κ3) is 4.96. The Morgan fingerprint density at radius 2 is 1.58 bits per heavy atom. The van der Waals surface area contributed by atoms with Gasteiger partial charge in [-0.3, -0.25) is 25.2 Å². The van der Waals surface area contributed by atoms with E-state index in [2.05, 4.69) is 15.6 Å². The lowest BCUT2D eigenvalue weighted by Crippen LogP contribution is -2.41. The number of fused-ring (bicyclic) bond motifs is 1. The maximum Gasteiger partial charge on any atom is 0.305 e. The minimum Gasteiger partial charge on any atom is -0.497 e. The molecule has 4 aromatic rings. The van der Waals surface area contributed by atoms with Gasteiger partial charge in [-0.2, -0.15) is 0 Å². The number of sulfonamides is 1. The maximum atomic E-state index is 12.7. The molecule has 0 saturated carbocycles. The lowest BCUT2D eigenvalue weighted by atomic mass is 10.2. The molecule has 2 amide bonds. The SMILES string of the molecule is COc1ccc(NS(=O)(=O)c2cccc(C(=O)NNC(=O)c3cc4ccccc4o3)c2)cc1. The molecule has 0 aliphatic heterocycles. The van der Waals surface area contributed by atoms with E-state index in [4.69, 9.17) is 9.15 Å². The lowest BCUT2D eigenvalue weighted by molar-refractivity contribution is 0.0832. The van der Waals surface area contributed by atoms with Crippen LogP contribution < -0.4 is 20.3 Å². The molecule has 0 fully saturated rings.